The molecule has 1 saturated heterocycles. The molecule has 2 N–H and O–H groups in total. The van der Waals surface area contributed by atoms with Crippen LogP contribution in [0.2, 0.25) is 0 Å². The van der Waals surface area contributed by atoms with Crippen molar-refractivity contribution in [3.05, 3.63) is 48.3 Å². The number of hydrogen-bond acceptors (Lipinski definition) is 5. The molecule has 7 heteroatoms. The monoisotopic (exact) mass is 336 g/mol. The average molecular weight is 336 g/mol. The van der Waals surface area contributed by atoms with E-state index in [1.165, 1.54) is 0 Å². The summed E-state index contributed by atoms with van der Waals surface area (Å²) in [7, 11) is 2.12. The molecule has 0 unspecified atom stereocenters. The molecule has 1 aromatic carbocycles. The van der Waals surface area contributed by atoms with Gasteiger partial charge in [0.15, 0.2) is 0 Å². The van der Waals surface area contributed by atoms with E-state index < -0.39 is 0 Å². The van der Waals surface area contributed by atoms with Crippen LogP contribution in [0.3, 0.4) is 0 Å². The third kappa shape index (κ3) is 3.32. The molecule has 0 spiro atoms. The van der Waals surface area contributed by atoms with Gasteiger partial charge in [0.2, 0.25) is 0 Å². The fourth-order valence-electron chi connectivity index (χ4n) is 2.97. The minimum absolute atomic E-state index is 0.213. The normalized spacial score (nSPS) is 15.5. The number of aromatic amines is 1. The number of piperazine rings is 1. The average Bonchev–Trinajstić information content (AvgIpc) is 3.10. The fraction of sp³-hybridized carbons (Fsp3) is 0.278. The number of aromatic nitrogens is 3. The molecule has 3 heterocycles. The molecule has 1 aliphatic heterocycles. The number of carbonyl (C=O) groups is 1. The Balaban J connectivity index is 1.50. The number of carbonyl (C=O) groups excluding carboxylic acids is 1. The summed E-state index contributed by atoms with van der Waals surface area (Å²) in [5.41, 5.74) is 2.02. The minimum atomic E-state index is -0.213. The van der Waals surface area contributed by atoms with Crippen LogP contribution in [-0.4, -0.2) is 59.2 Å². The summed E-state index contributed by atoms with van der Waals surface area (Å²) in [5.74, 6) is 0.639. The lowest BCUT2D eigenvalue weighted by atomic mass is 10.2. The number of nitrogens with zero attached hydrogens (tertiary/aromatic N) is 4. The van der Waals surface area contributed by atoms with Gasteiger partial charge in [0.1, 0.15) is 11.5 Å². The molecule has 25 heavy (non-hydrogen) atoms. The largest absolute Gasteiger partial charge is 0.354 e. The zero-order valence-corrected chi connectivity index (χ0v) is 14.1. The molecular formula is C18H20N6O. The summed E-state index contributed by atoms with van der Waals surface area (Å²) < 4.78 is 0. The summed E-state index contributed by atoms with van der Waals surface area (Å²) in [6.07, 6.45) is 1.75. The Hall–Kier alpha value is -2.93. The minimum Gasteiger partial charge on any atom is -0.354 e. The Morgan fingerprint density at radius 1 is 1.16 bits per heavy atom. The van der Waals surface area contributed by atoms with Crippen LogP contribution in [0.15, 0.2) is 42.6 Å². The van der Waals surface area contributed by atoms with Crippen LogP contribution in [0.25, 0.3) is 10.9 Å². The summed E-state index contributed by atoms with van der Waals surface area (Å²) in [6.45, 7) is 3.85. The zero-order chi connectivity index (χ0) is 17.2. The van der Waals surface area contributed by atoms with Crippen LogP contribution in [0, 0.1) is 0 Å². The molecule has 2 aromatic heterocycles. The maximum Gasteiger partial charge on any atom is 0.274 e. The van der Waals surface area contributed by atoms with Gasteiger partial charge >= 0.3 is 0 Å². The molecule has 1 amide bonds. The van der Waals surface area contributed by atoms with Gasteiger partial charge in [0, 0.05) is 37.3 Å². The number of anilines is 2. The number of likely N-dealkylation sites (N-methyl/N-ethyl adjacent to an activating group) is 1. The van der Waals surface area contributed by atoms with Crippen molar-refractivity contribution in [2.75, 3.05) is 43.4 Å². The first-order valence-corrected chi connectivity index (χ1v) is 8.34. The van der Waals surface area contributed by atoms with Crippen molar-refractivity contribution >= 4 is 28.3 Å². The number of nitrogens with one attached hydrogen (secondary N) is 2. The highest BCUT2D eigenvalue weighted by Gasteiger charge is 2.17. The second-order valence-electron chi connectivity index (χ2n) is 6.30. The molecule has 0 saturated carbocycles. The Labute approximate surface area is 145 Å². The van der Waals surface area contributed by atoms with E-state index >= 15 is 0 Å². The van der Waals surface area contributed by atoms with Gasteiger partial charge < -0.3 is 15.1 Å². The number of amides is 1. The number of hydrogen-bond donors (Lipinski definition) is 2. The molecular weight excluding hydrogens is 316 g/mol. The zero-order valence-electron chi connectivity index (χ0n) is 14.1. The lowest BCUT2D eigenvalue weighted by Gasteiger charge is -2.33. The van der Waals surface area contributed by atoms with Gasteiger partial charge in [0.05, 0.1) is 11.7 Å². The lowest BCUT2D eigenvalue weighted by Crippen LogP contribution is -2.44. The van der Waals surface area contributed by atoms with Gasteiger partial charge in [-0.1, -0.05) is 6.07 Å². The van der Waals surface area contributed by atoms with E-state index in [4.69, 9.17) is 0 Å². The SMILES string of the molecule is CN1CCN(c2cccc(C(=O)Nc3ccc4cn[nH]c4c3)n2)CC1. The van der Waals surface area contributed by atoms with E-state index in [0.717, 1.165) is 42.9 Å². The van der Waals surface area contributed by atoms with E-state index in [9.17, 15) is 4.79 Å². The molecule has 0 atom stereocenters. The number of benzene rings is 1. The Bertz CT molecular complexity index is 897. The van der Waals surface area contributed by atoms with Crippen molar-refractivity contribution in [1.29, 1.82) is 0 Å². The van der Waals surface area contributed by atoms with Gasteiger partial charge in [0.25, 0.3) is 5.91 Å². The third-order valence-electron chi connectivity index (χ3n) is 4.49. The van der Waals surface area contributed by atoms with Crippen molar-refractivity contribution in [3.63, 3.8) is 0 Å². The van der Waals surface area contributed by atoms with E-state index in [1.54, 1.807) is 12.3 Å². The Morgan fingerprint density at radius 2 is 2.00 bits per heavy atom. The maximum absolute atomic E-state index is 12.5. The number of pyridine rings is 1. The highest BCUT2D eigenvalue weighted by atomic mass is 16.1. The molecule has 128 valence electrons. The fourth-order valence-corrected chi connectivity index (χ4v) is 2.97. The topological polar surface area (TPSA) is 77.1 Å². The maximum atomic E-state index is 12.5. The summed E-state index contributed by atoms with van der Waals surface area (Å²) >= 11 is 0. The van der Waals surface area contributed by atoms with Gasteiger partial charge in [-0.15, -0.1) is 0 Å². The molecule has 4 rings (SSSR count). The highest BCUT2D eigenvalue weighted by Crippen LogP contribution is 2.18. The quantitative estimate of drug-likeness (QED) is 0.765. The van der Waals surface area contributed by atoms with Crippen molar-refractivity contribution in [2.24, 2.45) is 0 Å². The number of H-pyrrole nitrogens is 1. The molecule has 0 aliphatic carbocycles. The third-order valence-corrected chi connectivity index (χ3v) is 4.49. The first kappa shape index (κ1) is 15.6. The predicted octanol–water partition coefficient (Wildman–Crippen LogP) is 1.96. The molecule has 7 nitrogen and oxygen atoms in total. The summed E-state index contributed by atoms with van der Waals surface area (Å²) in [5, 5.41) is 10.8. The van der Waals surface area contributed by atoms with Crippen molar-refractivity contribution < 1.29 is 4.79 Å². The predicted molar refractivity (Wildman–Crippen MR) is 98.0 cm³/mol. The van der Waals surface area contributed by atoms with Gasteiger partial charge in [-0.05, 0) is 37.4 Å². The molecule has 0 bridgehead atoms. The van der Waals surface area contributed by atoms with Crippen LogP contribution < -0.4 is 10.2 Å². The number of fused-ring (bicyclic) bond motifs is 1. The lowest BCUT2D eigenvalue weighted by molar-refractivity contribution is 0.102. The van der Waals surface area contributed by atoms with E-state index in [2.05, 4.69) is 37.3 Å². The van der Waals surface area contributed by atoms with Gasteiger partial charge in [-0.25, -0.2) is 4.98 Å². The van der Waals surface area contributed by atoms with E-state index in [1.807, 2.05) is 30.3 Å². The van der Waals surface area contributed by atoms with E-state index in [0.29, 0.717) is 11.4 Å². The summed E-state index contributed by atoms with van der Waals surface area (Å²) in [4.78, 5) is 21.6. The Kier molecular flexibility index (Phi) is 4.07. The molecule has 1 fully saturated rings. The first-order valence-electron chi connectivity index (χ1n) is 8.34. The van der Waals surface area contributed by atoms with Gasteiger partial charge in [-0.2, -0.15) is 5.10 Å². The molecule has 1 aliphatic rings. The van der Waals surface area contributed by atoms with Crippen LogP contribution in [0.4, 0.5) is 11.5 Å². The van der Waals surface area contributed by atoms with Crippen LogP contribution in [0.1, 0.15) is 10.5 Å². The second kappa shape index (κ2) is 6.52. The van der Waals surface area contributed by atoms with Crippen LogP contribution >= 0.6 is 0 Å². The van der Waals surface area contributed by atoms with Crippen molar-refractivity contribution in [3.8, 4) is 0 Å². The first-order chi connectivity index (χ1) is 12.2. The van der Waals surface area contributed by atoms with Crippen LogP contribution in [-0.2, 0) is 0 Å². The van der Waals surface area contributed by atoms with Crippen molar-refractivity contribution in [2.45, 2.75) is 0 Å². The van der Waals surface area contributed by atoms with Crippen LogP contribution in [0.5, 0.6) is 0 Å². The molecule has 3 aromatic rings. The van der Waals surface area contributed by atoms with Crippen molar-refractivity contribution in [1.82, 2.24) is 20.1 Å². The van der Waals surface area contributed by atoms with E-state index in [-0.39, 0.29) is 5.91 Å². The molecule has 0 radical (unpaired) electrons. The Morgan fingerprint density at radius 3 is 2.84 bits per heavy atom. The summed E-state index contributed by atoms with van der Waals surface area (Å²) in [6, 6.07) is 11.2. The number of rotatable bonds is 3. The smallest absolute Gasteiger partial charge is 0.274 e. The van der Waals surface area contributed by atoms with Gasteiger partial charge in [-0.3, -0.25) is 9.89 Å². The highest BCUT2D eigenvalue weighted by molar-refractivity contribution is 6.03. The standard InChI is InChI=1S/C18H20N6O/c1-23-7-9-24(10-8-23)17-4-2-3-15(21-17)18(25)20-14-6-5-13-12-19-22-16(13)11-14/h2-6,11-12H,7-10H2,1H3,(H,19,22)(H,20,25). The second-order valence-corrected chi connectivity index (χ2v) is 6.30.